The van der Waals surface area contributed by atoms with Gasteiger partial charge >= 0.3 is 6.01 Å². The molecule has 4 heterocycles. The number of halogens is 2. The van der Waals surface area contributed by atoms with E-state index in [0.717, 1.165) is 51.5 Å². The van der Waals surface area contributed by atoms with Crippen LogP contribution in [0.15, 0.2) is 24.3 Å². The number of anilines is 1. The van der Waals surface area contributed by atoms with Crippen LogP contribution in [-0.4, -0.2) is 91.8 Å². The van der Waals surface area contributed by atoms with E-state index in [2.05, 4.69) is 20.8 Å². The number of aromatic nitrogens is 3. The molecular weight excluding hydrogens is 668 g/mol. The highest BCUT2D eigenvalue weighted by atomic mass is 19.1. The molecule has 0 radical (unpaired) electrons. The van der Waals surface area contributed by atoms with Gasteiger partial charge in [0.1, 0.15) is 34.0 Å². The first-order valence-electron chi connectivity index (χ1n) is 18.3. The van der Waals surface area contributed by atoms with Gasteiger partial charge in [0, 0.05) is 41.5 Å². The van der Waals surface area contributed by atoms with E-state index in [1.54, 1.807) is 6.92 Å². The van der Waals surface area contributed by atoms with Gasteiger partial charge in [-0.15, -0.1) is 6.42 Å². The van der Waals surface area contributed by atoms with Gasteiger partial charge in [0.05, 0.1) is 30.5 Å². The number of phenolic OH excluding ortho intramolecular Hbond substituents is 1. The lowest BCUT2D eigenvalue weighted by Gasteiger charge is -2.55. The number of piperidine rings is 2. The molecular formula is C40H45F2N5O5. The van der Waals surface area contributed by atoms with Crippen molar-refractivity contribution in [3.63, 3.8) is 0 Å². The van der Waals surface area contributed by atoms with Crippen molar-refractivity contribution in [2.75, 3.05) is 38.3 Å². The standard InChI is InChI=1S/C40H45F2N5O5/c1-5-26-28(41)11-10-23-17-25(48)18-27(30(23)26)33-32(42)34-31(36(43-33)51-4)35(46-15-7-12-38(2,49)21-46)45-37(44-34)52-22-40-13-6-9-29(40)47(16-8-14-40)24-19-39(3,50)20-24/h1,10-11,17-18,24,29,48-50H,6-9,12-16,19-22H2,2-4H3/t24?,29-,38-,39?,40-/m1/s1. The fourth-order valence-corrected chi connectivity index (χ4v) is 9.65. The first kappa shape index (κ1) is 34.8. The Bertz CT molecular complexity index is 2110. The Hall–Kier alpha value is -4.31. The van der Waals surface area contributed by atoms with Crippen molar-refractivity contribution in [3.05, 3.63) is 41.5 Å². The number of rotatable bonds is 7. The van der Waals surface area contributed by atoms with E-state index in [-0.39, 0.29) is 62.7 Å². The SMILES string of the molecule is C#Cc1c(F)ccc2cc(O)cc(-c3nc(OC)c4c(N5CCC[C@@](C)(O)C5)nc(OC[C@]56CCC[C@H]5N(C5CC(C)(O)C5)CCC6)nc4c3F)c12. The van der Waals surface area contributed by atoms with E-state index in [1.165, 1.54) is 31.4 Å². The summed E-state index contributed by atoms with van der Waals surface area (Å²) in [4.78, 5) is 18.6. The van der Waals surface area contributed by atoms with Crippen LogP contribution in [0.3, 0.4) is 0 Å². The second-order valence-electron chi connectivity index (χ2n) is 16.0. The third kappa shape index (κ3) is 5.87. The number of likely N-dealkylation sites (tertiary alicyclic amines) is 1. The molecule has 4 aliphatic rings. The summed E-state index contributed by atoms with van der Waals surface area (Å²) in [5, 5.41) is 33.1. The Morgan fingerprint density at radius 2 is 1.75 bits per heavy atom. The number of methoxy groups -OCH3 is 1. The molecule has 2 aromatic carbocycles. The van der Waals surface area contributed by atoms with Crippen LogP contribution in [0.5, 0.6) is 17.6 Å². The van der Waals surface area contributed by atoms with Crippen molar-refractivity contribution in [2.45, 2.75) is 94.9 Å². The molecule has 0 unspecified atom stereocenters. The van der Waals surface area contributed by atoms with Gasteiger partial charge in [0.15, 0.2) is 5.82 Å². The lowest BCUT2D eigenvalue weighted by atomic mass is 9.70. The first-order chi connectivity index (χ1) is 24.8. The highest BCUT2D eigenvalue weighted by molar-refractivity contribution is 6.04. The molecule has 2 saturated heterocycles. The summed E-state index contributed by atoms with van der Waals surface area (Å²) in [5.41, 5.74) is -2.13. The third-order valence-corrected chi connectivity index (χ3v) is 12.0. The van der Waals surface area contributed by atoms with Gasteiger partial charge in [-0.2, -0.15) is 9.97 Å². The van der Waals surface area contributed by atoms with E-state index >= 15 is 8.78 Å². The number of pyridine rings is 1. The fourth-order valence-electron chi connectivity index (χ4n) is 9.65. The number of ether oxygens (including phenoxy) is 2. The molecule has 2 aliphatic carbocycles. The lowest BCUT2D eigenvalue weighted by molar-refractivity contribution is -0.117. The van der Waals surface area contributed by atoms with Gasteiger partial charge in [-0.3, -0.25) is 4.90 Å². The largest absolute Gasteiger partial charge is 0.508 e. The summed E-state index contributed by atoms with van der Waals surface area (Å²) in [6.07, 6.45) is 13.7. The number of benzene rings is 2. The highest BCUT2D eigenvalue weighted by Gasteiger charge is 2.53. The molecule has 4 aromatic rings. The summed E-state index contributed by atoms with van der Waals surface area (Å²) in [7, 11) is 1.41. The van der Waals surface area contributed by atoms with Crippen molar-refractivity contribution >= 4 is 27.5 Å². The second-order valence-corrected chi connectivity index (χ2v) is 16.0. The maximum atomic E-state index is 17.2. The Labute approximate surface area is 301 Å². The molecule has 3 atom stereocenters. The van der Waals surface area contributed by atoms with Crippen LogP contribution in [-0.2, 0) is 0 Å². The van der Waals surface area contributed by atoms with Gasteiger partial charge in [-0.25, -0.2) is 13.8 Å². The third-order valence-electron chi connectivity index (χ3n) is 12.0. The van der Waals surface area contributed by atoms with Crippen molar-refractivity contribution in [1.29, 1.82) is 0 Å². The zero-order chi connectivity index (χ0) is 36.6. The number of terminal acetylenes is 1. The molecule has 10 nitrogen and oxygen atoms in total. The van der Waals surface area contributed by atoms with Crippen LogP contribution in [0, 0.1) is 29.4 Å². The van der Waals surface area contributed by atoms with Crippen molar-refractivity contribution in [3.8, 4) is 41.2 Å². The van der Waals surface area contributed by atoms with E-state index in [4.69, 9.17) is 20.9 Å². The van der Waals surface area contributed by atoms with Crippen molar-refractivity contribution in [2.24, 2.45) is 5.41 Å². The minimum Gasteiger partial charge on any atom is -0.508 e. The summed E-state index contributed by atoms with van der Waals surface area (Å²) < 4.78 is 44.6. The maximum absolute atomic E-state index is 17.2. The molecule has 2 aromatic heterocycles. The maximum Gasteiger partial charge on any atom is 0.319 e. The summed E-state index contributed by atoms with van der Waals surface area (Å²) in [5.74, 6) is 1.03. The molecule has 0 amide bonds. The highest BCUT2D eigenvalue weighted by Crippen LogP contribution is 2.51. The number of fused-ring (bicyclic) bond motifs is 3. The summed E-state index contributed by atoms with van der Waals surface area (Å²) in [6, 6.07) is 6.04. The first-order valence-corrected chi connectivity index (χ1v) is 18.3. The smallest absolute Gasteiger partial charge is 0.319 e. The monoisotopic (exact) mass is 713 g/mol. The topological polar surface area (TPSA) is 124 Å². The molecule has 8 rings (SSSR count). The Morgan fingerprint density at radius 1 is 0.981 bits per heavy atom. The number of aromatic hydroxyl groups is 1. The van der Waals surface area contributed by atoms with Crippen molar-refractivity contribution in [1.82, 2.24) is 19.9 Å². The normalized spacial score (nSPS) is 29.2. The number of nitrogens with zero attached hydrogens (tertiary/aromatic N) is 5. The number of hydrogen-bond donors (Lipinski definition) is 3. The zero-order valence-corrected chi connectivity index (χ0v) is 29.9. The summed E-state index contributed by atoms with van der Waals surface area (Å²) >= 11 is 0. The van der Waals surface area contributed by atoms with Crippen LogP contribution < -0.4 is 14.4 Å². The van der Waals surface area contributed by atoms with E-state index < -0.39 is 22.8 Å². The lowest BCUT2D eigenvalue weighted by Crippen LogP contribution is -2.61. The number of phenols is 1. The molecule has 4 fully saturated rings. The number of aliphatic hydroxyl groups is 2. The van der Waals surface area contributed by atoms with Gasteiger partial charge in [-0.1, -0.05) is 18.4 Å². The molecule has 2 saturated carbocycles. The molecule has 52 heavy (non-hydrogen) atoms. The molecule has 0 bridgehead atoms. The molecule has 3 N–H and O–H groups in total. The summed E-state index contributed by atoms with van der Waals surface area (Å²) in [6.45, 7) is 5.78. The van der Waals surface area contributed by atoms with Crippen molar-refractivity contribution < 1.29 is 33.6 Å². The molecule has 2 aliphatic heterocycles. The zero-order valence-electron chi connectivity index (χ0n) is 29.9. The van der Waals surface area contributed by atoms with Gasteiger partial charge in [-0.05, 0) is 95.3 Å². The molecule has 274 valence electrons. The Balaban J connectivity index is 1.26. The van der Waals surface area contributed by atoms with Gasteiger partial charge in [0.25, 0.3) is 0 Å². The quantitative estimate of drug-likeness (QED) is 0.194. The average Bonchev–Trinajstić information content (AvgIpc) is 3.54. The van der Waals surface area contributed by atoms with E-state index in [1.807, 2.05) is 11.8 Å². The minimum absolute atomic E-state index is 0.00864. The number of β-amino-alcohol motifs (C(OH)–C–C–N with tert-alkyl or cyclic N) is 1. The Kier molecular flexibility index (Phi) is 8.47. The number of hydrogen-bond acceptors (Lipinski definition) is 10. The van der Waals surface area contributed by atoms with Crippen LogP contribution in [0.2, 0.25) is 0 Å². The van der Waals surface area contributed by atoms with Crippen LogP contribution in [0.25, 0.3) is 32.9 Å². The van der Waals surface area contributed by atoms with Crippen LogP contribution in [0.1, 0.15) is 77.2 Å². The van der Waals surface area contributed by atoms with Gasteiger partial charge in [0.2, 0.25) is 5.88 Å². The second kappa shape index (κ2) is 12.7. The Morgan fingerprint density at radius 3 is 2.48 bits per heavy atom. The fraction of sp³-hybridized carbons (Fsp3) is 0.525. The van der Waals surface area contributed by atoms with Crippen LogP contribution >= 0.6 is 0 Å². The molecule has 12 heteroatoms. The average molecular weight is 714 g/mol. The predicted octanol–water partition coefficient (Wildman–Crippen LogP) is 6.10. The predicted molar refractivity (Wildman–Crippen MR) is 194 cm³/mol. The van der Waals surface area contributed by atoms with E-state index in [0.29, 0.717) is 49.3 Å². The van der Waals surface area contributed by atoms with Gasteiger partial charge < -0.3 is 29.7 Å². The minimum atomic E-state index is -1.01. The van der Waals surface area contributed by atoms with Crippen LogP contribution in [0.4, 0.5) is 14.6 Å². The van der Waals surface area contributed by atoms with E-state index in [9.17, 15) is 15.3 Å². The molecule has 0 spiro atoms.